The zero-order valence-electron chi connectivity index (χ0n) is 8.28. The van der Waals surface area contributed by atoms with Crippen molar-refractivity contribution >= 4 is 11.9 Å². The predicted octanol–water partition coefficient (Wildman–Crippen LogP) is 1.53. The largest absolute Gasteiger partial charge is 0.462 e. The van der Waals surface area contributed by atoms with Crippen LogP contribution in [0.5, 0.6) is 0 Å². The molecule has 1 aliphatic rings. The zero-order chi connectivity index (χ0) is 10.8. The number of ether oxygens (including phenoxy) is 2. The van der Waals surface area contributed by atoms with Crippen molar-refractivity contribution in [2.75, 3.05) is 6.61 Å². The van der Waals surface area contributed by atoms with Crippen molar-refractivity contribution in [3.63, 3.8) is 0 Å². The van der Waals surface area contributed by atoms with Crippen molar-refractivity contribution in [3.05, 3.63) is 34.9 Å². The molecule has 1 aromatic rings. The summed E-state index contributed by atoms with van der Waals surface area (Å²) in [5.74, 6) is -0.795. The number of carbonyl (C=O) groups excluding carboxylic acids is 2. The van der Waals surface area contributed by atoms with Gasteiger partial charge in [-0.15, -0.1) is 0 Å². The zero-order valence-corrected chi connectivity index (χ0v) is 8.28. The van der Waals surface area contributed by atoms with E-state index in [2.05, 4.69) is 0 Å². The van der Waals surface area contributed by atoms with E-state index in [9.17, 15) is 9.59 Å². The molecule has 78 valence electrons. The molecular weight excluding hydrogens is 196 g/mol. The van der Waals surface area contributed by atoms with E-state index in [1.165, 1.54) is 6.07 Å². The molecule has 0 fully saturated rings. The van der Waals surface area contributed by atoms with Crippen molar-refractivity contribution < 1.29 is 19.1 Å². The maximum atomic E-state index is 11.4. The van der Waals surface area contributed by atoms with Crippen LogP contribution in [0.4, 0.5) is 0 Å². The van der Waals surface area contributed by atoms with E-state index >= 15 is 0 Å². The van der Waals surface area contributed by atoms with Gasteiger partial charge >= 0.3 is 11.9 Å². The number of carbonyl (C=O) groups is 2. The lowest BCUT2D eigenvalue weighted by Gasteiger charge is -2.02. The van der Waals surface area contributed by atoms with Gasteiger partial charge < -0.3 is 9.47 Å². The molecule has 0 saturated carbocycles. The van der Waals surface area contributed by atoms with Gasteiger partial charge in [0.1, 0.15) is 6.61 Å². The molecule has 0 unspecified atom stereocenters. The monoisotopic (exact) mass is 206 g/mol. The number of hydrogen-bond acceptors (Lipinski definition) is 4. The van der Waals surface area contributed by atoms with Crippen LogP contribution in [-0.2, 0) is 16.1 Å². The third-order valence-corrected chi connectivity index (χ3v) is 2.20. The summed E-state index contributed by atoms with van der Waals surface area (Å²) in [6, 6.07) is 4.87. The second-order valence-electron chi connectivity index (χ2n) is 3.17. The Morgan fingerprint density at radius 1 is 1.53 bits per heavy atom. The summed E-state index contributed by atoms with van der Waals surface area (Å²) >= 11 is 0. The van der Waals surface area contributed by atoms with Gasteiger partial charge in [-0.05, 0) is 19.1 Å². The summed E-state index contributed by atoms with van der Waals surface area (Å²) in [6.45, 7) is 2.34. The maximum absolute atomic E-state index is 11.4. The number of rotatable bonds is 2. The number of esters is 2. The molecule has 1 heterocycles. The number of hydrogen-bond donors (Lipinski definition) is 0. The number of cyclic esters (lactones) is 1. The Morgan fingerprint density at radius 2 is 2.33 bits per heavy atom. The van der Waals surface area contributed by atoms with Crippen molar-refractivity contribution in [1.29, 1.82) is 0 Å². The summed E-state index contributed by atoms with van der Waals surface area (Å²) in [6.07, 6.45) is 0. The average molecular weight is 206 g/mol. The SMILES string of the molecule is CCOC(=O)c1ccc2c(c1)C(=O)OC2. The molecule has 0 saturated heterocycles. The highest BCUT2D eigenvalue weighted by Gasteiger charge is 2.22. The molecule has 1 aromatic carbocycles. The van der Waals surface area contributed by atoms with Crippen LogP contribution in [0.3, 0.4) is 0 Å². The quantitative estimate of drug-likeness (QED) is 0.688. The van der Waals surface area contributed by atoms with E-state index in [1.54, 1.807) is 19.1 Å². The fourth-order valence-corrected chi connectivity index (χ4v) is 1.45. The first-order chi connectivity index (χ1) is 7.22. The summed E-state index contributed by atoms with van der Waals surface area (Å²) in [5, 5.41) is 0. The van der Waals surface area contributed by atoms with Gasteiger partial charge in [-0.25, -0.2) is 9.59 Å². The molecule has 0 N–H and O–H groups in total. The van der Waals surface area contributed by atoms with Crippen LogP contribution >= 0.6 is 0 Å². The van der Waals surface area contributed by atoms with E-state index in [0.717, 1.165) is 5.56 Å². The Bertz CT molecular complexity index is 423. The maximum Gasteiger partial charge on any atom is 0.338 e. The molecular formula is C11H10O4. The van der Waals surface area contributed by atoms with Gasteiger partial charge in [0.25, 0.3) is 0 Å². The fraction of sp³-hybridized carbons (Fsp3) is 0.273. The van der Waals surface area contributed by atoms with E-state index in [4.69, 9.17) is 9.47 Å². The molecule has 4 nitrogen and oxygen atoms in total. The molecule has 0 amide bonds. The first-order valence-electron chi connectivity index (χ1n) is 4.69. The summed E-state index contributed by atoms with van der Waals surface area (Å²) < 4.78 is 9.66. The highest BCUT2D eigenvalue weighted by Crippen LogP contribution is 2.21. The van der Waals surface area contributed by atoms with E-state index in [1.807, 2.05) is 0 Å². The molecule has 0 atom stereocenters. The van der Waals surface area contributed by atoms with Gasteiger partial charge in [0.2, 0.25) is 0 Å². The fourth-order valence-electron chi connectivity index (χ4n) is 1.45. The van der Waals surface area contributed by atoms with Crippen molar-refractivity contribution in [2.45, 2.75) is 13.5 Å². The standard InChI is InChI=1S/C11H10O4/c1-2-14-10(12)7-3-4-8-6-15-11(13)9(8)5-7/h3-5H,2,6H2,1H3. The average Bonchev–Trinajstić information content (AvgIpc) is 2.60. The Morgan fingerprint density at radius 3 is 3.07 bits per heavy atom. The minimum absolute atomic E-state index is 0.289. The van der Waals surface area contributed by atoms with Gasteiger partial charge in [0.05, 0.1) is 17.7 Å². The molecule has 0 aliphatic carbocycles. The van der Waals surface area contributed by atoms with E-state index in [-0.39, 0.29) is 12.6 Å². The molecule has 0 bridgehead atoms. The van der Waals surface area contributed by atoms with Crippen LogP contribution in [0.15, 0.2) is 18.2 Å². The molecule has 0 spiro atoms. The van der Waals surface area contributed by atoms with Gasteiger partial charge in [-0.3, -0.25) is 0 Å². The number of fused-ring (bicyclic) bond motifs is 1. The first-order valence-corrected chi connectivity index (χ1v) is 4.69. The minimum atomic E-state index is -0.417. The first kappa shape index (κ1) is 9.71. The highest BCUT2D eigenvalue weighted by molar-refractivity contribution is 5.97. The normalized spacial score (nSPS) is 13.3. The molecule has 0 radical (unpaired) electrons. The van der Waals surface area contributed by atoms with Crippen LogP contribution in [0.1, 0.15) is 33.2 Å². The molecule has 0 aromatic heterocycles. The Balaban J connectivity index is 2.33. The van der Waals surface area contributed by atoms with E-state index < -0.39 is 5.97 Å². The van der Waals surface area contributed by atoms with Crippen molar-refractivity contribution in [2.24, 2.45) is 0 Å². The molecule has 4 heteroatoms. The topological polar surface area (TPSA) is 52.6 Å². The Labute approximate surface area is 86.8 Å². The van der Waals surface area contributed by atoms with Crippen LogP contribution < -0.4 is 0 Å². The summed E-state index contributed by atoms with van der Waals surface area (Å²) in [4.78, 5) is 22.6. The van der Waals surface area contributed by atoms with Crippen molar-refractivity contribution in [3.8, 4) is 0 Å². The summed E-state index contributed by atoms with van der Waals surface area (Å²) in [5.41, 5.74) is 1.66. The Hall–Kier alpha value is -1.84. The van der Waals surface area contributed by atoms with Gasteiger partial charge in [-0.2, -0.15) is 0 Å². The van der Waals surface area contributed by atoms with Crippen LogP contribution in [0.2, 0.25) is 0 Å². The van der Waals surface area contributed by atoms with Gasteiger partial charge in [-0.1, -0.05) is 6.07 Å². The Kier molecular flexibility index (Phi) is 2.41. The summed E-state index contributed by atoms with van der Waals surface area (Å²) in [7, 11) is 0. The van der Waals surface area contributed by atoms with Crippen LogP contribution in [-0.4, -0.2) is 18.5 Å². The smallest absolute Gasteiger partial charge is 0.338 e. The van der Waals surface area contributed by atoms with E-state index in [0.29, 0.717) is 17.7 Å². The predicted molar refractivity (Wildman–Crippen MR) is 51.5 cm³/mol. The third kappa shape index (κ3) is 1.70. The lowest BCUT2D eigenvalue weighted by atomic mass is 10.1. The van der Waals surface area contributed by atoms with Gasteiger partial charge in [0, 0.05) is 5.56 Å². The lowest BCUT2D eigenvalue weighted by Crippen LogP contribution is -2.06. The second kappa shape index (κ2) is 3.73. The van der Waals surface area contributed by atoms with Gasteiger partial charge in [0.15, 0.2) is 0 Å². The third-order valence-electron chi connectivity index (χ3n) is 2.20. The lowest BCUT2D eigenvalue weighted by molar-refractivity contribution is 0.0525. The molecule has 1 aliphatic heterocycles. The second-order valence-corrected chi connectivity index (χ2v) is 3.17. The highest BCUT2D eigenvalue weighted by atomic mass is 16.5. The molecule has 15 heavy (non-hydrogen) atoms. The minimum Gasteiger partial charge on any atom is -0.462 e. The van der Waals surface area contributed by atoms with Crippen LogP contribution in [0, 0.1) is 0 Å². The van der Waals surface area contributed by atoms with Crippen molar-refractivity contribution in [1.82, 2.24) is 0 Å². The van der Waals surface area contributed by atoms with Crippen LogP contribution in [0.25, 0.3) is 0 Å². The number of benzene rings is 1. The molecule has 2 rings (SSSR count).